The van der Waals surface area contributed by atoms with E-state index in [4.69, 9.17) is 9.47 Å². The number of fused-ring (bicyclic) bond motifs is 1. The second-order valence-electron chi connectivity index (χ2n) is 9.04. The Morgan fingerprint density at radius 2 is 1.92 bits per heavy atom. The van der Waals surface area contributed by atoms with Gasteiger partial charge in [-0.05, 0) is 53.9 Å². The van der Waals surface area contributed by atoms with Crippen LogP contribution in [0.1, 0.15) is 35.2 Å². The molecule has 2 atom stereocenters. The molecule has 3 aromatic carbocycles. The summed E-state index contributed by atoms with van der Waals surface area (Å²) in [4.78, 5) is 28.2. The van der Waals surface area contributed by atoms with Crippen molar-refractivity contribution in [1.29, 1.82) is 0 Å². The minimum atomic E-state index is -0.777. The molecular formula is C30H27NO5. The predicted molar refractivity (Wildman–Crippen MR) is 137 cm³/mol. The Hall–Kier alpha value is -4.32. The van der Waals surface area contributed by atoms with Crippen molar-refractivity contribution in [2.45, 2.75) is 32.0 Å². The number of carbonyl (C=O) groups is 2. The zero-order chi connectivity index (χ0) is 25.2. The first kappa shape index (κ1) is 23.4. The highest BCUT2D eigenvalue weighted by Crippen LogP contribution is 2.42. The van der Waals surface area contributed by atoms with Gasteiger partial charge in [0, 0.05) is 18.5 Å². The molecule has 6 nitrogen and oxygen atoms in total. The van der Waals surface area contributed by atoms with Gasteiger partial charge in [-0.2, -0.15) is 0 Å². The van der Waals surface area contributed by atoms with Gasteiger partial charge in [-0.15, -0.1) is 0 Å². The first-order valence-corrected chi connectivity index (χ1v) is 11.9. The molecule has 6 heteroatoms. The second kappa shape index (κ2) is 9.74. The summed E-state index contributed by atoms with van der Waals surface area (Å²) < 4.78 is 11.5. The molecule has 0 spiro atoms. The van der Waals surface area contributed by atoms with E-state index in [0.29, 0.717) is 29.9 Å². The summed E-state index contributed by atoms with van der Waals surface area (Å²) in [5.41, 5.74) is 3.05. The van der Waals surface area contributed by atoms with E-state index in [2.05, 4.69) is 6.58 Å². The van der Waals surface area contributed by atoms with Crippen LogP contribution in [0.2, 0.25) is 0 Å². The van der Waals surface area contributed by atoms with Crippen LogP contribution >= 0.6 is 0 Å². The first-order chi connectivity index (χ1) is 17.5. The number of aliphatic hydroxyl groups excluding tert-OH is 1. The van der Waals surface area contributed by atoms with Gasteiger partial charge in [0.05, 0.1) is 11.6 Å². The maximum atomic E-state index is 13.4. The van der Waals surface area contributed by atoms with Crippen LogP contribution in [0.5, 0.6) is 11.5 Å². The molecule has 2 aliphatic rings. The summed E-state index contributed by atoms with van der Waals surface area (Å²) in [6.45, 7) is 6.21. The molecule has 2 aliphatic heterocycles. The molecule has 182 valence electrons. The number of ketones is 1. The van der Waals surface area contributed by atoms with E-state index in [1.807, 2.05) is 55.5 Å². The van der Waals surface area contributed by atoms with Crippen molar-refractivity contribution in [2.75, 3.05) is 6.61 Å². The van der Waals surface area contributed by atoms with Gasteiger partial charge in [0.25, 0.3) is 11.7 Å². The number of amides is 1. The van der Waals surface area contributed by atoms with Crippen molar-refractivity contribution in [3.8, 4) is 11.5 Å². The quantitative estimate of drug-likeness (QED) is 0.217. The highest BCUT2D eigenvalue weighted by Gasteiger charge is 2.46. The molecule has 0 bridgehead atoms. The summed E-state index contributed by atoms with van der Waals surface area (Å²) in [6, 6.07) is 21.3. The summed E-state index contributed by atoms with van der Waals surface area (Å²) in [5.74, 6) is -0.209. The van der Waals surface area contributed by atoms with Crippen molar-refractivity contribution in [2.24, 2.45) is 0 Å². The zero-order valence-corrected chi connectivity index (χ0v) is 20.0. The standard InChI is InChI=1S/C30H27NO5/c1-3-14-35-24-11-7-10-21(17-24)27-26(28(32)22-12-13-25-23(16-22)15-19(2)36-25)29(33)30(34)31(27)18-20-8-5-4-6-9-20/h3-13,16-17,19,27,32H,1,14-15,18H2,2H3. The predicted octanol–water partition coefficient (Wildman–Crippen LogP) is 5.20. The van der Waals surface area contributed by atoms with Crippen LogP contribution in [0.15, 0.2) is 91.0 Å². The zero-order valence-electron chi connectivity index (χ0n) is 20.0. The average molecular weight is 482 g/mol. The van der Waals surface area contributed by atoms with E-state index in [9.17, 15) is 14.7 Å². The van der Waals surface area contributed by atoms with Gasteiger partial charge in [0.2, 0.25) is 0 Å². The number of aliphatic hydroxyl groups is 1. The maximum absolute atomic E-state index is 13.4. The molecule has 1 fully saturated rings. The highest BCUT2D eigenvalue weighted by molar-refractivity contribution is 6.46. The average Bonchev–Trinajstić information content (AvgIpc) is 3.39. The lowest BCUT2D eigenvalue weighted by molar-refractivity contribution is -0.140. The van der Waals surface area contributed by atoms with Gasteiger partial charge < -0.3 is 19.5 Å². The summed E-state index contributed by atoms with van der Waals surface area (Å²) in [5, 5.41) is 11.4. The van der Waals surface area contributed by atoms with E-state index in [1.54, 1.807) is 30.3 Å². The monoisotopic (exact) mass is 481 g/mol. The van der Waals surface area contributed by atoms with Crippen LogP contribution in [-0.2, 0) is 22.6 Å². The van der Waals surface area contributed by atoms with Crippen LogP contribution in [-0.4, -0.2) is 34.4 Å². The first-order valence-electron chi connectivity index (χ1n) is 11.9. The number of ether oxygens (including phenoxy) is 2. The molecule has 1 saturated heterocycles. The van der Waals surface area contributed by atoms with Crippen molar-refractivity contribution in [3.05, 3.63) is 113 Å². The summed E-state index contributed by atoms with van der Waals surface area (Å²) in [6.07, 6.45) is 2.41. The molecule has 3 aromatic rings. The van der Waals surface area contributed by atoms with Gasteiger partial charge in [0.15, 0.2) is 0 Å². The molecular weight excluding hydrogens is 454 g/mol. The number of nitrogens with zero attached hydrogens (tertiary/aromatic N) is 1. The Morgan fingerprint density at radius 1 is 1.11 bits per heavy atom. The van der Waals surface area contributed by atoms with E-state index in [-0.39, 0.29) is 24.0 Å². The topological polar surface area (TPSA) is 76.1 Å². The Bertz CT molecular complexity index is 1360. The maximum Gasteiger partial charge on any atom is 0.295 e. The Balaban J connectivity index is 1.62. The smallest absolute Gasteiger partial charge is 0.295 e. The van der Waals surface area contributed by atoms with Crippen LogP contribution in [0.3, 0.4) is 0 Å². The van der Waals surface area contributed by atoms with Gasteiger partial charge in [-0.1, -0.05) is 55.1 Å². The van der Waals surface area contributed by atoms with Crippen molar-refractivity contribution < 1.29 is 24.2 Å². The summed E-state index contributed by atoms with van der Waals surface area (Å²) in [7, 11) is 0. The fourth-order valence-electron chi connectivity index (χ4n) is 4.82. The van der Waals surface area contributed by atoms with Gasteiger partial charge >= 0.3 is 0 Å². The molecule has 1 N–H and O–H groups in total. The number of carbonyl (C=O) groups excluding carboxylic acids is 2. The van der Waals surface area contributed by atoms with Crippen LogP contribution in [0.25, 0.3) is 5.76 Å². The van der Waals surface area contributed by atoms with E-state index in [1.165, 1.54) is 4.90 Å². The lowest BCUT2D eigenvalue weighted by Gasteiger charge is -2.26. The number of hydrogen-bond donors (Lipinski definition) is 1. The fourth-order valence-corrected chi connectivity index (χ4v) is 4.82. The van der Waals surface area contributed by atoms with Crippen LogP contribution in [0.4, 0.5) is 0 Å². The number of likely N-dealkylation sites (tertiary alicyclic amines) is 1. The van der Waals surface area contributed by atoms with E-state index in [0.717, 1.165) is 16.9 Å². The number of hydrogen-bond acceptors (Lipinski definition) is 5. The minimum Gasteiger partial charge on any atom is -0.507 e. The largest absolute Gasteiger partial charge is 0.507 e. The van der Waals surface area contributed by atoms with E-state index >= 15 is 0 Å². The third kappa shape index (κ3) is 4.38. The van der Waals surface area contributed by atoms with Gasteiger partial charge in [-0.3, -0.25) is 9.59 Å². The minimum absolute atomic E-state index is 0.0483. The number of rotatable bonds is 7. The molecule has 36 heavy (non-hydrogen) atoms. The van der Waals surface area contributed by atoms with Crippen LogP contribution in [0, 0.1) is 0 Å². The third-order valence-corrected chi connectivity index (χ3v) is 6.45. The molecule has 0 aliphatic carbocycles. The Morgan fingerprint density at radius 3 is 2.69 bits per heavy atom. The molecule has 2 heterocycles. The molecule has 0 aromatic heterocycles. The fraction of sp³-hybridized carbons (Fsp3) is 0.200. The van der Waals surface area contributed by atoms with Crippen molar-refractivity contribution in [3.63, 3.8) is 0 Å². The third-order valence-electron chi connectivity index (χ3n) is 6.45. The van der Waals surface area contributed by atoms with Gasteiger partial charge in [-0.25, -0.2) is 0 Å². The van der Waals surface area contributed by atoms with E-state index < -0.39 is 17.7 Å². The number of Topliss-reactive ketones (excluding diaryl/α,β-unsaturated/α-hetero) is 1. The number of benzene rings is 3. The second-order valence-corrected chi connectivity index (χ2v) is 9.04. The normalized spacial score (nSPS) is 20.2. The van der Waals surface area contributed by atoms with Gasteiger partial charge in [0.1, 0.15) is 30.0 Å². The lowest BCUT2D eigenvalue weighted by atomic mass is 9.94. The van der Waals surface area contributed by atoms with Crippen LogP contribution < -0.4 is 9.47 Å². The Labute approximate surface area is 210 Å². The lowest BCUT2D eigenvalue weighted by Crippen LogP contribution is -2.29. The summed E-state index contributed by atoms with van der Waals surface area (Å²) >= 11 is 0. The SMILES string of the molecule is C=CCOc1cccc(C2C(=C(O)c3ccc4c(c3)CC(C)O4)C(=O)C(=O)N2Cc2ccccc2)c1. The Kier molecular flexibility index (Phi) is 6.34. The molecule has 0 radical (unpaired) electrons. The molecule has 2 unspecified atom stereocenters. The molecule has 0 saturated carbocycles. The molecule has 1 amide bonds. The highest BCUT2D eigenvalue weighted by atomic mass is 16.5. The van der Waals surface area contributed by atoms with Crippen molar-refractivity contribution >= 4 is 17.4 Å². The molecule has 5 rings (SSSR count). The van der Waals surface area contributed by atoms with Crippen molar-refractivity contribution in [1.82, 2.24) is 4.90 Å².